The van der Waals surface area contributed by atoms with E-state index in [1.54, 1.807) is 0 Å². The molecule has 0 spiro atoms. The van der Waals surface area contributed by atoms with Gasteiger partial charge in [0.05, 0.1) is 0 Å². The third-order valence-electron chi connectivity index (χ3n) is 3.80. The van der Waals surface area contributed by atoms with E-state index in [2.05, 4.69) is 36.4 Å². The molecule has 0 atom stereocenters. The number of benzene rings is 3. The number of rotatable bonds is 4. The first-order valence-corrected chi connectivity index (χ1v) is 9.01. The van der Waals surface area contributed by atoms with Gasteiger partial charge >= 0.3 is 0 Å². The van der Waals surface area contributed by atoms with E-state index in [1.165, 1.54) is 15.9 Å². The van der Waals surface area contributed by atoms with Gasteiger partial charge in [0.1, 0.15) is 23.2 Å². The minimum atomic E-state index is -1.98. The summed E-state index contributed by atoms with van der Waals surface area (Å²) in [6.07, 6.45) is 0.144. The molecular weight excluding hydrogens is 275 g/mol. The summed E-state index contributed by atoms with van der Waals surface area (Å²) in [5, 5.41) is 14.0. The van der Waals surface area contributed by atoms with Crippen molar-refractivity contribution in [2.45, 2.75) is 0 Å². The van der Waals surface area contributed by atoms with Gasteiger partial charge in [-0.3, -0.25) is 0 Å². The molecule has 1 nitrogen and oxygen atoms in total. The second kappa shape index (κ2) is 6.22. The van der Waals surface area contributed by atoms with Crippen LogP contribution in [0.4, 0.5) is 0 Å². The van der Waals surface area contributed by atoms with Crippen molar-refractivity contribution in [1.82, 2.24) is 0 Å². The minimum Gasteiger partial charge on any atom is -0.361 e. The molecule has 0 unspecified atom stereocenters. The SMILES string of the molecule is OC[P+](c1ccccc1)(c1ccccc1)c1ccccc1. The molecule has 0 heterocycles. The van der Waals surface area contributed by atoms with Gasteiger partial charge in [-0.05, 0) is 36.4 Å². The molecule has 3 aromatic rings. The maximum Gasteiger partial charge on any atom is 0.168 e. The van der Waals surface area contributed by atoms with Gasteiger partial charge in [-0.15, -0.1) is 0 Å². The summed E-state index contributed by atoms with van der Waals surface area (Å²) < 4.78 is 0. The van der Waals surface area contributed by atoms with Crippen molar-refractivity contribution in [2.75, 3.05) is 6.35 Å². The number of aliphatic hydroxyl groups is 1. The molecule has 1 N–H and O–H groups in total. The van der Waals surface area contributed by atoms with Crippen molar-refractivity contribution in [3.8, 4) is 0 Å². The molecule has 0 bridgehead atoms. The molecule has 3 aromatic carbocycles. The van der Waals surface area contributed by atoms with Crippen LogP contribution in [0.25, 0.3) is 0 Å². The van der Waals surface area contributed by atoms with Crippen molar-refractivity contribution < 1.29 is 5.11 Å². The van der Waals surface area contributed by atoms with E-state index >= 15 is 0 Å². The Labute approximate surface area is 126 Å². The average molecular weight is 293 g/mol. The predicted octanol–water partition coefficient (Wildman–Crippen LogP) is 2.93. The van der Waals surface area contributed by atoms with Crippen molar-refractivity contribution in [3.05, 3.63) is 91.0 Å². The Hall–Kier alpha value is -1.95. The van der Waals surface area contributed by atoms with Crippen LogP contribution in [-0.2, 0) is 0 Å². The van der Waals surface area contributed by atoms with Crippen LogP contribution in [0, 0.1) is 0 Å². The molecule has 21 heavy (non-hydrogen) atoms. The fraction of sp³-hybridized carbons (Fsp3) is 0.0526. The summed E-state index contributed by atoms with van der Waals surface area (Å²) >= 11 is 0. The van der Waals surface area contributed by atoms with Gasteiger partial charge < -0.3 is 5.11 Å². The number of hydrogen-bond acceptors (Lipinski definition) is 1. The molecule has 0 radical (unpaired) electrons. The van der Waals surface area contributed by atoms with Crippen LogP contribution < -0.4 is 15.9 Å². The standard InChI is InChI=1S/C19H18OP/c20-16-21(17-10-4-1-5-11-17,18-12-6-2-7-13-18)19-14-8-3-9-15-19/h1-15,20H,16H2/q+1. The third-order valence-corrected chi connectivity index (χ3v) is 7.77. The molecule has 3 rings (SSSR count). The summed E-state index contributed by atoms with van der Waals surface area (Å²) in [5.74, 6) is 0. The normalized spacial score (nSPS) is 11.3. The third kappa shape index (κ3) is 2.51. The lowest BCUT2D eigenvalue weighted by Crippen LogP contribution is -2.33. The van der Waals surface area contributed by atoms with E-state index < -0.39 is 7.26 Å². The zero-order chi connectivity index (χ0) is 14.5. The first kappa shape index (κ1) is 14.0. The largest absolute Gasteiger partial charge is 0.361 e. The molecule has 0 fully saturated rings. The molecule has 104 valence electrons. The maximum atomic E-state index is 10.4. The first-order chi connectivity index (χ1) is 10.4. The molecule has 2 heteroatoms. The van der Waals surface area contributed by atoms with Gasteiger partial charge in [-0.2, -0.15) is 0 Å². The monoisotopic (exact) mass is 293 g/mol. The molecule has 0 aliphatic carbocycles. The van der Waals surface area contributed by atoms with Crippen molar-refractivity contribution >= 4 is 23.2 Å². The van der Waals surface area contributed by atoms with Crippen LogP contribution >= 0.6 is 7.26 Å². The highest BCUT2D eigenvalue weighted by molar-refractivity contribution is 7.95. The van der Waals surface area contributed by atoms with Crippen molar-refractivity contribution in [2.24, 2.45) is 0 Å². The van der Waals surface area contributed by atoms with Crippen LogP contribution in [0.5, 0.6) is 0 Å². The van der Waals surface area contributed by atoms with Gasteiger partial charge in [-0.1, -0.05) is 54.6 Å². The predicted molar refractivity (Wildman–Crippen MR) is 92.2 cm³/mol. The van der Waals surface area contributed by atoms with Gasteiger partial charge in [0, 0.05) is 0 Å². The second-order valence-electron chi connectivity index (χ2n) is 4.96. The average Bonchev–Trinajstić information content (AvgIpc) is 2.59. The Balaban J connectivity index is 2.29. The second-order valence-corrected chi connectivity index (χ2v) is 8.41. The summed E-state index contributed by atoms with van der Waals surface area (Å²) in [6, 6.07) is 31.1. The lowest BCUT2D eigenvalue weighted by atomic mass is 10.4. The minimum absolute atomic E-state index is 0.144. The quantitative estimate of drug-likeness (QED) is 0.733. The Morgan fingerprint density at radius 1 is 0.524 bits per heavy atom. The van der Waals surface area contributed by atoms with Gasteiger partial charge in [0.15, 0.2) is 6.35 Å². The summed E-state index contributed by atoms with van der Waals surface area (Å²) in [7, 11) is -1.98. The highest BCUT2D eigenvalue weighted by atomic mass is 31.2. The fourth-order valence-corrected chi connectivity index (χ4v) is 6.17. The summed E-state index contributed by atoms with van der Waals surface area (Å²) in [5.41, 5.74) is 0. The van der Waals surface area contributed by atoms with Crippen molar-refractivity contribution in [3.63, 3.8) is 0 Å². The molecule has 0 saturated carbocycles. The summed E-state index contributed by atoms with van der Waals surface area (Å²) in [6.45, 7) is 0. The van der Waals surface area contributed by atoms with Crippen LogP contribution in [0.2, 0.25) is 0 Å². The molecular formula is C19H18OP+. The van der Waals surface area contributed by atoms with Crippen LogP contribution in [0.15, 0.2) is 91.0 Å². The van der Waals surface area contributed by atoms with Gasteiger partial charge in [0.2, 0.25) is 0 Å². The number of hydrogen-bond donors (Lipinski definition) is 1. The van der Waals surface area contributed by atoms with E-state index in [9.17, 15) is 5.11 Å². The Morgan fingerprint density at radius 3 is 1.05 bits per heavy atom. The maximum absolute atomic E-state index is 10.4. The zero-order valence-corrected chi connectivity index (χ0v) is 12.7. The molecule has 0 amide bonds. The fourth-order valence-electron chi connectivity index (χ4n) is 2.74. The highest BCUT2D eigenvalue weighted by Gasteiger charge is 2.44. The van der Waals surface area contributed by atoms with Crippen LogP contribution in [-0.4, -0.2) is 11.5 Å². The summed E-state index contributed by atoms with van der Waals surface area (Å²) in [4.78, 5) is 0. The van der Waals surface area contributed by atoms with E-state index in [1.807, 2.05) is 54.6 Å². The lowest BCUT2D eigenvalue weighted by molar-refractivity contribution is 0.370. The van der Waals surface area contributed by atoms with Crippen LogP contribution in [0.1, 0.15) is 0 Å². The van der Waals surface area contributed by atoms with Crippen molar-refractivity contribution in [1.29, 1.82) is 0 Å². The van der Waals surface area contributed by atoms with Gasteiger partial charge in [-0.25, -0.2) is 0 Å². The zero-order valence-electron chi connectivity index (χ0n) is 11.8. The molecule has 0 aromatic heterocycles. The van der Waals surface area contributed by atoms with Gasteiger partial charge in [0.25, 0.3) is 0 Å². The lowest BCUT2D eigenvalue weighted by Gasteiger charge is -2.25. The highest BCUT2D eigenvalue weighted by Crippen LogP contribution is 2.54. The smallest absolute Gasteiger partial charge is 0.168 e. The van der Waals surface area contributed by atoms with E-state index in [4.69, 9.17) is 0 Å². The topological polar surface area (TPSA) is 20.2 Å². The Bertz CT molecular complexity index is 584. The van der Waals surface area contributed by atoms with E-state index in [0.717, 1.165) is 0 Å². The number of aliphatic hydroxyl groups excluding tert-OH is 1. The Kier molecular flexibility index (Phi) is 4.15. The molecule has 0 aliphatic rings. The molecule has 0 saturated heterocycles. The van der Waals surface area contributed by atoms with E-state index in [0.29, 0.717) is 0 Å². The molecule has 0 aliphatic heterocycles. The van der Waals surface area contributed by atoms with Crippen LogP contribution in [0.3, 0.4) is 0 Å². The van der Waals surface area contributed by atoms with E-state index in [-0.39, 0.29) is 6.35 Å². The Morgan fingerprint density at radius 2 is 0.810 bits per heavy atom. The first-order valence-electron chi connectivity index (χ1n) is 7.04.